The molecule has 11 heteroatoms. The van der Waals surface area contributed by atoms with Gasteiger partial charge in [0, 0.05) is 18.7 Å². The highest BCUT2D eigenvalue weighted by molar-refractivity contribution is 5.86. The van der Waals surface area contributed by atoms with Gasteiger partial charge in [-0.1, -0.05) is 20.3 Å². The van der Waals surface area contributed by atoms with Crippen LogP contribution in [0.3, 0.4) is 0 Å². The van der Waals surface area contributed by atoms with Gasteiger partial charge in [-0.15, -0.1) is 0 Å². The number of hydrogen-bond acceptors (Lipinski definition) is 7. The van der Waals surface area contributed by atoms with E-state index in [0.29, 0.717) is 12.8 Å². The summed E-state index contributed by atoms with van der Waals surface area (Å²) < 4.78 is 18.4. The van der Waals surface area contributed by atoms with Gasteiger partial charge in [-0.25, -0.2) is 9.59 Å². The molecule has 3 heterocycles. The third-order valence-electron chi connectivity index (χ3n) is 5.66. The maximum absolute atomic E-state index is 13.0. The lowest BCUT2D eigenvalue weighted by molar-refractivity contribution is -0.126. The van der Waals surface area contributed by atoms with Gasteiger partial charge in [0.05, 0.1) is 18.8 Å². The molecule has 2 fully saturated rings. The maximum atomic E-state index is 13.0. The fourth-order valence-electron chi connectivity index (χ4n) is 3.86. The number of H-pyrrole nitrogens is 1. The van der Waals surface area contributed by atoms with Crippen LogP contribution in [0.25, 0.3) is 0 Å². The molecular weight excluding hydrogens is 420 g/mol. The Bertz CT molecular complexity index is 950. The van der Waals surface area contributed by atoms with Crippen LogP contribution in [0.2, 0.25) is 0 Å². The zero-order valence-corrected chi connectivity index (χ0v) is 19.0. The van der Waals surface area contributed by atoms with E-state index in [0.717, 1.165) is 0 Å². The highest BCUT2D eigenvalue weighted by atomic mass is 16.6. The first-order valence-corrected chi connectivity index (χ1v) is 10.9. The van der Waals surface area contributed by atoms with E-state index >= 15 is 0 Å². The largest absolute Gasteiger partial charge is 0.444 e. The van der Waals surface area contributed by atoms with E-state index in [1.165, 1.54) is 16.8 Å². The van der Waals surface area contributed by atoms with Crippen LogP contribution in [0.5, 0.6) is 0 Å². The van der Waals surface area contributed by atoms with Crippen molar-refractivity contribution in [3.8, 4) is 0 Å². The van der Waals surface area contributed by atoms with Gasteiger partial charge in [-0.05, 0) is 26.7 Å². The van der Waals surface area contributed by atoms with Crippen molar-refractivity contribution in [1.82, 2.24) is 20.2 Å². The predicted octanol–water partition coefficient (Wildman–Crippen LogP) is 0.647. The van der Waals surface area contributed by atoms with Gasteiger partial charge >= 0.3 is 11.8 Å². The lowest BCUT2D eigenvalue weighted by atomic mass is 9.98. The number of amides is 2. The Kier molecular flexibility index (Phi) is 7.09. The van der Waals surface area contributed by atoms with Crippen molar-refractivity contribution in [3.05, 3.63) is 33.1 Å². The Morgan fingerprint density at radius 3 is 2.69 bits per heavy atom. The molecule has 2 amide bonds. The third-order valence-corrected chi connectivity index (χ3v) is 5.66. The molecule has 0 aliphatic carbocycles. The highest BCUT2D eigenvalue weighted by Gasteiger charge is 2.48. The summed E-state index contributed by atoms with van der Waals surface area (Å²) in [5.74, 6) is -0.481. The minimum absolute atomic E-state index is 0.127. The zero-order chi connectivity index (χ0) is 23.6. The van der Waals surface area contributed by atoms with E-state index in [1.807, 2.05) is 13.8 Å². The molecule has 2 aliphatic heterocycles. The van der Waals surface area contributed by atoms with Gasteiger partial charge in [0.25, 0.3) is 5.56 Å². The van der Waals surface area contributed by atoms with Crippen LogP contribution in [-0.2, 0) is 19.0 Å². The number of carbonyl (C=O) groups is 2. The number of carbonyl (C=O) groups excluding carboxylic acids is 2. The summed E-state index contributed by atoms with van der Waals surface area (Å²) in [4.78, 5) is 50.9. The lowest BCUT2D eigenvalue weighted by Gasteiger charge is -2.28. The molecule has 2 aliphatic rings. The molecule has 3 rings (SSSR count). The number of nitrogens with zero attached hydrogens (tertiary/aromatic N) is 1. The smallest absolute Gasteiger partial charge is 0.408 e. The summed E-state index contributed by atoms with van der Waals surface area (Å²) in [7, 11) is 0. The summed E-state index contributed by atoms with van der Waals surface area (Å²) in [5.41, 5.74) is -1.74. The van der Waals surface area contributed by atoms with E-state index in [9.17, 15) is 19.2 Å². The van der Waals surface area contributed by atoms with Crippen molar-refractivity contribution in [2.24, 2.45) is 5.92 Å². The monoisotopic (exact) mass is 452 g/mol. The molecular formula is C21H32N4O7. The number of aromatic nitrogens is 2. The van der Waals surface area contributed by atoms with Crippen LogP contribution in [0.1, 0.15) is 53.7 Å². The molecule has 6 atom stereocenters. The molecule has 11 nitrogen and oxygen atoms in total. The fraction of sp³-hybridized carbons (Fsp3) is 0.714. The number of aromatic amines is 1. The first-order valence-electron chi connectivity index (χ1n) is 10.9. The number of hydrogen-bond donors (Lipinski definition) is 3. The number of ether oxygens (including phenoxy) is 3. The maximum Gasteiger partial charge on any atom is 0.408 e. The average molecular weight is 453 g/mol. The predicted molar refractivity (Wildman–Crippen MR) is 114 cm³/mol. The summed E-state index contributed by atoms with van der Waals surface area (Å²) >= 11 is 0. The summed E-state index contributed by atoms with van der Waals surface area (Å²) in [6.07, 6.45) is 0.437. The normalized spacial score (nSPS) is 26.8. The molecule has 0 radical (unpaired) electrons. The molecule has 0 aromatic carbocycles. The Labute approximate surface area is 185 Å². The average Bonchev–Trinajstić information content (AvgIpc) is 3.26. The Hall–Kier alpha value is -2.66. The second kappa shape index (κ2) is 9.45. The first kappa shape index (κ1) is 24.0. The van der Waals surface area contributed by atoms with Crippen molar-refractivity contribution in [2.75, 3.05) is 6.61 Å². The summed E-state index contributed by atoms with van der Waals surface area (Å²) in [6, 6.07) is 0.0220. The molecule has 178 valence electrons. The molecule has 0 unspecified atom stereocenters. The van der Waals surface area contributed by atoms with Crippen molar-refractivity contribution >= 4 is 12.0 Å². The van der Waals surface area contributed by atoms with Crippen molar-refractivity contribution in [1.29, 1.82) is 0 Å². The van der Waals surface area contributed by atoms with Crippen LogP contribution in [0.15, 0.2) is 21.9 Å². The Morgan fingerprint density at radius 2 is 2.06 bits per heavy atom. The van der Waals surface area contributed by atoms with E-state index in [1.54, 1.807) is 20.8 Å². The van der Waals surface area contributed by atoms with Crippen molar-refractivity contribution < 1.29 is 23.8 Å². The van der Waals surface area contributed by atoms with Gasteiger partial charge in [0.2, 0.25) is 5.91 Å². The summed E-state index contributed by atoms with van der Waals surface area (Å²) in [5, 5.41) is 5.60. The van der Waals surface area contributed by atoms with Gasteiger partial charge < -0.3 is 24.8 Å². The van der Waals surface area contributed by atoms with Crippen molar-refractivity contribution in [2.45, 2.75) is 83.6 Å². The third kappa shape index (κ3) is 5.57. The van der Waals surface area contributed by atoms with Gasteiger partial charge in [0.1, 0.15) is 24.0 Å². The molecule has 0 bridgehead atoms. The Balaban J connectivity index is 1.66. The molecule has 0 spiro atoms. The zero-order valence-electron chi connectivity index (χ0n) is 19.0. The SMILES string of the molecule is CC[C@H](C)[C@H](NC(=O)OC(C)(C)C)C(=O)N[C@H]1CO[C@@H]2C[C@H](n3ccc(=O)[nH]c3=O)O[C@H]12. The van der Waals surface area contributed by atoms with E-state index in [4.69, 9.17) is 14.2 Å². The van der Waals surface area contributed by atoms with Crippen molar-refractivity contribution in [3.63, 3.8) is 0 Å². The molecule has 0 saturated carbocycles. The van der Waals surface area contributed by atoms with Crippen LogP contribution in [0.4, 0.5) is 4.79 Å². The standard InChI is InChI=1S/C21H32N4O7/c1-6-11(2)16(24-20(29)32-21(3,4)5)18(27)22-12-10-30-13-9-15(31-17(12)13)25-8-7-14(26)23-19(25)28/h7-8,11-13,15-17H,6,9-10H2,1-5H3,(H,22,27)(H,24,29)(H,23,26,28)/t11-,12-,13+,15+,16-,17+/m0/s1. The highest BCUT2D eigenvalue weighted by Crippen LogP contribution is 2.35. The number of alkyl carbamates (subject to hydrolysis) is 1. The van der Waals surface area contributed by atoms with Gasteiger partial charge in [-0.2, -0.15) is 0 Å². The fourth-order valence-corrected chi connectivity index (χ4v) is 3.86. The molecule has 32 heavy (non-hydrogen) atoms. The lowest BCUT2D eigenvalue weighted by Crippen LogP contribution is -2.55. The molecule has 1 aromatic heterocycles. The second-order valence-electron chi connectivity index (χ2n) is 9.30. The van der Waals surface area contributed by atoms with Crippen LogP contribution >= 0.6 is 0 Å². The quantitative estimate of drug-likeness (QED) is 0.575. The van der Waals surface area contributed by atoms with E-state index in [2.05, 4.69) is 15.6 Å². The molecule has 3 N–H and O–H groups in total. The number of rotatable bonds is 6. The molecule has 2 saturated heterocycles. The second-order valence-corrected chi connectivity index (χ2v) is 9.30. The van der Waals surface area contributed by atoms with Gasteiger partial charge in [-0.3, -0.25) is 19.1 Å². The number of fused-ring (bicyclic) bond motifs is 1. The van der Waals surface area contributed by atoms with Gasteiger partial charge in [0.15, 0.2) is 0 Å². The summed E-state index contributed by atoms with van der Waals surface area (Å²) in [6.45, 7) is 9.32. The van der Waals surface area contributed by atoms with E-state index in [-0.39, 0.29) is 24.5 Å². The van der Waals surface area contributed by atoms with Crippen LogP contribution in [0, 0.1) is 5.92 Å². The first-order chi connectivity index (χ1) is 15.0. The number of nitrogens with one attached hydrogen (secondary N) is 3. The minimum atomic E-state index is -0.784. The molecule has 1 aromatic rings. The minimum Gasteiger partial charge on any atom is -0.444 e. The topological polar surface area (TPSA) is 141 Å². The van der Waals surface area contributed by atoms with Crippen LogP contribution in [-0.4, -0.2) is 58.1 Å². The van der Waals surface area contributed by atoms with Crippen LogP contribution < -0.4 is 21.9 Å². The van der Waals surface area contributed by atoms with E-state index < -0.39 is 47.4 Å². The Morgan fingerprint density at radius 1 is 1.34 bits per heavy atom.